The maximum atomic E-state index is 12.7. The minimum atomic E-state index is -0.179. The van der Waals surface area contributed by atoms with E-state index in [2.05, 4.69) is 24.1 Å². The van der Waals surface area contributed by atoms with Crippen LogP contribution in [0.15, 0.2) is 24.3 Å². The molecule has 0 heterocycles. The Hall–Kier alpha value is -1.09. The lowest BCUT2D eigenvalue weighted by molar-refractivity contribution is 0.627. The second-order valence-electron chi connectivity index (χ2n) is 3.41. The number of anilines is 1. The van der Waals surface area contributed by atoms with Crippen LogP contribution in [0.1, 0.15) is 13.8 Å². The van der Waals surface area contributed by atoms with Crippen LogP contribution < -0.4 is 10.2 Å². The van der Waals surface area contributed by atoms with E-state index in [4.69, 9.17) is 0 Å². The van der Waals surface area contributed by atoms with E-state index in [9.17, 15) is 4.39 Å². The van der Waals surface area contributed by atoms with Gasteiger partial charge < -0.3 is 10.2 Å². The molecule has 15 heavy (non-hydrogen) atoms. The quantitative estimate of drug-likeness (QED) is 0.724. The van der Waals surface area contributed by atoms with Crippen LogP contribution in [0.3, 0.4) is 0 Å². The van der Waals surface area contributed by atoms with Crippen LogP contribution in [0, 0.1) is 5.82 Å². The molecule has 0 saturated heterocycles. The number of hydrogen-bond donors (Lipinski definition) is 1. The van der Waals surface area contributed by atoms with Gasteiger partial charge >= 0.3 is 0 Å². The lowest BCUT2D eigenvalue weighted by Crippen LogP contribution is -2.31. The van der Waals surface area contributed by atoms with Gasteiger partial charge in [0, 0.05) is 25.3 Å². The normalized spacial score (nSPS) is 10.3. The molecule has 1 rings (SSSR count). The third-order valence-corrected chi connectivity index (χ3v) is 2.38. The second-order valence-corrected chi connectivity index (χ2v) is 3.41. The lowest BCUT2D eigenvalue weighted by Gasteiger charge is -2.23. The average Bonchev–Trinajstić information content (AvgIpc) is 2.26. The first kappa shape index (κ1) is 12.0. The van der Waals surface area contributed by atoms with Gasteiger partial charge in [0.1, 0.15) is 5.82 Å². The van der Waals surface area contributed by atoms with E-state index in [1.165, 1.54) is 12.1 Å². The molecule has 0 bridgehead atoms. The Morgan fingerprint density at radius 2 is 1.87 bits per heavy atom. The average molecular weight is 210 g/mol. The van der Waals surface area contributed by atoms with Gasteiger partial charge in [-0.15, -0.1) is 0 Å². The molecule has 0 fully saturated rings. The van der Waals surface area contributed by atoms with E-state index in [0.29, 0.717) is 0 Å². The zero-order valence-electron chi connectivity index (χ0n) is 9.46. The third-order valence-electron chi connectivity index (χ3n) is 2.38. The number of halogens is 1. The molecule has 3 heteroatoms. The Kier molecular flexibility index (Phi) is 5.12. The molecule has 0 aliphatic heterocycles. The van der Waals surface area contributed by atoms with Crippen LogP contribution in [-0.4, -0.2) is 26.2 Å². The summed E-state index contributed by atoms with van der Waals surface area (Å²) in [4.78, 5) is 2.22. The van der Waals surface area contributed by atoms with Crippen LogP contribution in [0.2, 0.25) is 0 Å². The Balaban J connectivity index is 2.53. The maximum Gasteiger partial charge on any atom is 0.123 e. The van der Waals surface area contributed by atoms with E-state index in [0.717, 1.165) is 31.9 Å². The standard InChI is InChI=1S/C12H19FN2/c1-3-14-9-10-15(4-2)12-7-5-11(13)6-8-12/h5-8,14H,3-4,9-10H2,1-2H3. The van der Waals surface area contributed by atoms with Gasteiger partial charge in [-0.05, 0) is 37.7 Å². The van der Waals surface area contributed by atoms with Crippen molar-refractivity contribution < 1.29 is 4.39 Å². The summed E-state index contributed by atoms with van der Waals surface area (Å²) in [5, 5.41) is 3.28. The summed E-state index contributed by atoms with van der Waals surface area (Å²) in [7, 11) is 0. The van der Waals surface area contributed by atoms with Crippen LogP contribution in [-0.2, 0) is 0 Å². The van der Waals surface area contributed by atoms with E-state index in [-0.39, 0.29) is 5.82 Å². The van der Waals surface area contributed by atoms with E-state index in [1.807, 2.05) is 12.1 Å². The summed E-state index contributed by atoms with van der Waals surface area (Å²) in [6, 6.07) is 6.66. The molecular formula is C12H19FN2. The Morgan fingerprint density at radius 1 is 1.20 bits per heavy atom. The molecule has 1 aromatic rings. The molecule has 2 nitrogen and oxygen atoms in total. The number of nitrogens with zero attached hydrogens (tertiary/aromatic N) is 1. The van der Waals surface area contributed by atoms with Crippen molar-refractivity contribution in [2.24, 2.45) is 0 Å². The van der Waals surface area contributed by atoms with E-state index >= 15 is 0 Å². The van der Waals surface area contributed by atoms with Crippen LogP contribution in [0.4, 0.5) is 10.1 Å². The SMILES string of the molecule is CCNCCN(CC)c1ccc(F)cc1. The highest BCUT2D eigenvalue weighted by atomic mass is 19.1. The van der Waals surface area contributed by atoms with Gasteiger partial charge in [0.15, 0.2) is 0 Å². The summed E-state index contributed by atoms with van der Waals surface area (Å²) >= 11 is 0. The van der Waals surface area contributed by atoms with Gasteiger partial charge in [0.05, 0.1) is 0 Å². The highest BCUT2D eigenvalue weighted by Crippen LogP contribution is 2.13. The molecule has 1 aromatic carbocycles. The summed E-state index contributed by atoms with van der Waals surface area (Å²) in [6.45, 7) is 8.04. The molecule has 0 unspecified atom stereocenters. The number of rotatable bonds is 6. The van der Waals surface area contributed by atoms with Gasteiger partial charge in [0.2, 0.25) is 0 Å². The smallest absolute Gasteiger partial charge is 0.123 e. The van der Waals surface area contributed by atoms with Crippen molar-refractivity contribution in [3.8, 4) is 0 Å². The number of benzene rings is 1. The van der Waals surface area contributed by atoms with Crippen LogP contribution in [0.25, 0.3) is 0 Å². The molecule has 0 saturated carbocycles. The fourth-order valence-corrected chi connectivity index (χ4v) is 1.51. The highest BCUT2D eigenvalue weighted by molar-refractivity contribution is 5.46. The molecule has 84 valence electrons. The fourth-order valence-electron chi connectivity index (χ4n) is 1.51. The highest BCUT2D eigenvalue weighted by Gasteiger charge is 2.02. The zero-order valence-corrected chi connectivity index (χ0v) is 9.46. The largest absolute Gasteiger partial charge is 0.371 e. The van der Waals surface area contributed by atoms with Gasteiger partial charge in [-0.2, -0.15) is 0 Å². The summed E-state index contributed by atoms with van der Waals surface area (Å²) in [5.74, 6) is -0.179. The topological polar surface area (TPSA) is 15.3 Å². The molecule has 0 aliphatic rings. The van der Waals surface area contributed by atoms with Crippen molar-refractivity contribution in [2.45, 2.75) is 13.8 Å². The fraction of sp³-hybridized carbons (Fsp3) is 0.500. The summed E-state index contributed by atoms with van der Waals surface area (Å²) < 4.78 is 12.7. The maximum absolute atomic E-state index is 12.7. The Labute approximate surface area is 91.1 Å². The van der Waals surface area contributed by atoms with Crippen molar-refractivity contribution in [3.05, 3.63) is 30.1 Å². The van der Waals surface area contributed by atoms with Crippen LogP contribution >= 0.6 is 0 Å². The molecule has 0 spiro atoms. The lowest BCUT2D eigenvalue weighted by atomic mass is 10.3. The molecular weight excluding hydrogens is 191 g/mol. The first-order valence-electron chi connectivity index (χ1n) is 5.49. The van der Waals surface area contributed by atoms with Crippen molar-refractivity contribution in [1.82, 2.24) is 5.32 Å². The number of nitrogens with one attached hydrogen (secondary N) is 1. The van der Waals surface area contributed by atoms with Crippen molar-refractivity contribution in [1.29, 1.82) is 0 Å². The predicted molar refractivity (Wildman–Crippen MR) is 62.8 cm³/mol. The minimum Gasteiger partial charge on any atom is -0.371 e. The molecule has 0 aromatic heterocycles. The van der Waals surface area contributed by atoms with E-state index < -0.39 is 0 Å². The van der Waals surface area contributed by atoms with Gasteiger partial charge in [-0.25, -0.2) is 4.39 Å². The van der Waals surface area contributed by atoms with Crippen molar-refractivity contribution in [3.63, 3.8) is 0 Å². The minimum absolute atomic E-state index is 0.179. The zero-order chi connectivity index (χ0) is 11.1. The monoisotopic (exact) mass is 210 g/mol. The molecule has 1 N–H and O–H groups in total. The van der Waals surface area contributed by atoms with Crippen molar-refractivity contribution in [2.75, 3.05) is 31.1 Å². The van der Waals surface area contributed by atoms with Crippen LogP contribution in [0.5, 0.6) is 0 Å². The molecule has 0 atom stereocenters. The molecule has 0 radical (unpaired) electrons. The van der Waals surface area contributed by atoms with Crippen molar-refractivity contribution >= 4 is 5.69 Å². The second kappa shape index (κ2) is 6.40. The Bertz CT molecular complexity index is 271. The Morgan fingerprint density at radius 3 is 2.40 bits per heavy atom. The van der Waals surface area contributed by atoms with Gasteiger partial charge in [0.25, 0.3) is 0 Å². The third kappa shape index (κ3) is 3.88. The first-order valence-corrected chi connectivity index (χ1v) is 5.49. The predicted octanol–water partition coefficient (Wildman–Crippen LogP) is 2.26. The first-order chi connectivity index (χ1) is 7.27. The van der Waals surface area contributed by atoms with Gasteiger partial charge in [-0.3, -0.25) is 0 Å². The number of hydrogen-bond acceptors (Lipinski definition) is 2. The van der Waals surface area contributed by atoms with Gasteiger partial charge in [-0.1, -0.05) is 6.92 Å². The number of likely N-dealkylation sites (N-methyl/N-ethyl adjacent to an activating group) is 2. The summed E-state index contributed by atoms with van der Waals surface area (Å²) in [6.07, 6.45) is 0. The summed E-state index contributed by atoms with van der Waals surface area (Å²) in [5.41, 5.74) is 1.08. The molecule has 0 aliphatic carbocycles. The molecule has 0 amide bonds. The van der Waals surface area contributed by atoms with E-state index in [1.54, 1.807) is 0 Å².